The normalized spacial score (nSPS) is 27.3. The van der Waals surface area contributed by atoms with Crippen molar-refractivity contribution < 1.29 is 19.5 Å². The van der Waals surface area contributed by atoms with Gasteiger partial charge in [-0.1, -0.05) is 18.9 Å². The van der Waals surface area contributed by atoms with Gasteiger partial charge < -0.3 is 15.3 Å². The van der Waals surface area contributed by atoms with Crippen molar-refractivity contribution in [3.8, 4) is 0 Å². The van der Waals surface area contributed by atoms with Gasteiger partial charge in [-0.05, 0) is 49.8 Å². The van der Waals surface area contributed by atoms with E-state index in [4.69, 9.17) is 5.10 Å². The summed E-state index contributed by atoms with van der Waals surface area (Å²) in [5, 5.41) is 18.5. The molecule has 9 nitrogen and oxygen atoms in total. The van der Waals surface area contributed by atoms with Crippen LogP contribution in [0.2, 0.25) is 0 Å². The third-order valence-electron chi connectivity index (χ3n) is 7.73. The van der Waals surface area contributed by atoms with E-state index < -0.39 is 17.9 Å². The van der Waals surface area contributed by atoms with Crippen molar-refractivity contribution in [2.45, 2.75) is 38.5 Å². The second-order valence-electron chi connectivity index (χ2n) is 9.51. The van der Waals surface area contributed by atoms with E-state index in [-0.39, 0.29) is 18.4 Å². The Balaban J connectivity index is 1.41. The lowest BCUT2D eigenvalue weighted by atomic mass is 9.81. The SMILES string of the molecule is O=C(O)N1CCCC(C2=CCNc3c4c(N5CC6CCCCC6C5=O)cccc4nn32)C1=O. The Morgan fingerprint density at radius 3 is 2.76 bits per heavy atom. The molecule has 4 heterocycles. The number of aromatic nitrogens is 2. The summed E-state index contributed by atoms with van der Waals surface area (Å²) in [7, 11) is 0. The molecular weight excluding hydrogens is 422 g/mol. The number of nitrogens with one attached hydrogen (secondary N) is 1. The molecule has 3 amide bonds. The number of imide groups is 1. The molecule has 1 aliphatic carbocycles. The molecule has 2 aromatic rings. The molecule has 4 aliphatic rings. The van der Waals surface area contributed by atoms with Crippen molar-refractivity contribution in [3.05, 3.63) is 24.3 Å². The summed E-state index contributed by atoms with van der Waals surface area (Å²) in [6.45, 7) is 1.48. The molecule has 2 N–H and O–H groups in total. The molecule has 6 rings (SSSR count). The molecule has 1 aromatic heterocycles. The zero-order valence-electron chi connectivity index (χ0n) is 18.4. The molecule has 2 saturated heterocycles. The van der Waals surface area contributed by atoms with Crippen LogP contribution in [-0.4, -0.2) is 57.3 Å². The minimum absolute atomic E-state index is 0.116. The molecule has 0 radical (unpaired) electrons. The smallest absolute Gasteiger partial charge is 0.414 e. The van der Waals surface area contributed by atoms with Crippen LogP contribution in [0.4, 0.5) is 16.3 Å². The Morgan fingerprint density at radius 2 is 1.94 bits per heavy atom. The van der Waals surface area contributed by atoms with Crippen LogP contribution in [0.1, 0.15) is 38.5 Å². The zero-order chi connectivity index (χ0) is 22.7. The minimum atomic E-state index is -1.21. The fourth-order valence-electron chi connectivity index (χ4n) is 6.15. The Morgan fingerprint density at radius 1 is 1.09 bits per heavy atom. The number of hydrogen-bond acceptors (Lipinski definition) is 5. The second kappa shape index (κ2) is 7.60. The van der Waals surface area contributed by atoms with Gasteiger partial charge in [0.25, 0.3) is 0 Å². The van der Waals surface area contributed by atoms with Crippen molar-refractivity contribution in [3.63, 3.8) is 0 Å². The first-order valence-electron chi connectivity index (χ1n) is 11.9. The topological polar surface area (TPSA) is 108 Å². The molecule has 1 saturated carbocycles. The van der Waals surface area contributed by atoms with Gasteiger partial charge in [-0.15, -0.1) is 0 Å². The highest BCUT2D eigenvalue weighted by atomic mass is 16.4. The van der Waals surface area contributed by atoms with Crippen LogP contribution in [0.3, 0.4) is 0 Å². The number of hydrogen-bond donors (Lipinski definition) is 2. The van der Waals surface area contributed by atoms with E-state index in [9.17, 15) is 19.5 Å². The van der Waals surface area contributed by atoms with Gasteiger partial charge in [0.05, 0.1) is 28.2 Å². The van der Waals surface area contributed by atoms with Gasteiger partial charge in [0.2, 0.25) is 11.8 Å². The Hall–Kier alpha value is -3.36. The number of amides is 3. The number of carboxylic acid groups (broad SMARTS) is 1. The Kier molecular flexibility index (Phi) is 4.67. The molecule has 3 atom stereocenters. The van der Waals surface area contributed by atoms with Crippen LogP contribution in [0.5, 0.6) is 0 Å². The van der Waals surface area contributed by atoms with Crippen LogP contribution >= 0.6 is 0 Å². The van der Waals surface area contributed by atoms with Crippen LogP contribution in [0.15, 0.2) is 24.3 Å². The maximum Gasteiger partial charge on any atom is 0.414 e. The van der Waals surface area contributed by atoms with E-state index in [2.05, 4.69) is 5.32 Å². The molecule has 0 spiro atoms. The van der Waals surface area contributed by atoms with Gasteiger partial charge in [0.15, 0.2) is 0 Å². The Bertz CT molecular complexity index is 1200. The number of likely N-dealkylation sites (tertiary alicyclic amines) is 1. The molecular formula is C24H27N5O4. The zero-order valence-corrected chi connectivity index (χ0v) is 18.4. The largest absolute Gasteiger partial charge is 0.465 e. The minimum Gasteiger partial charge on any atom is -0.465 e. The van der Waals surface area contributed by atoms with E-state index in [1.807, 2.05) is 29.2 Å². The molecule has 172 valence electrons. The van der Waals surface area contributed by atoms with E-state index in [0.717, 1.165) is 53.1 Å². The quantitative estimate of drug-likeness (QED) is 0.728. The number of fused-ring (bicyclic) bond motifs is 4. The van der Waals surface area contributed by atoms with E-state index >= 15 is 0 Å². The summed E-state index contributed by atoms with van der Waals surface area (Å²) in [5.41, 5.74) is 2.33. The molecule has 1 aromatic carbocycles. The number of benzene rings is 1. The van der Waals surface area contributed by atoms with Crippen LogP contribution in [0.25, 0.3) is 16.6 Å². The highest BCUT2D eigenvalue weighted by Gasteiger charge is 2.43. The van der Waals surface area contributed by atoms with Gasteiger partial charge in [-0.3, -0.25) is 9.59 Å². The molecule has 3 aliphatic heterocycles. The van der Waals surface area contributed by atoms with Crippen molar-refractivity contribution in [1.29, 1.82) is 0 Å². The average Bonchev–Trinajstić information content (AvgIpc) is 3.37. The first-order valence-corrected chi connectivity index (χ1v) is 11.9. The van der Waals surface area contributed by atoms with Crippen molar-refractivity contribution in [2.24, 2.45) is 17.8 Å². The maximum atomic E-state index is 13.3. The number of piperidine rings is 1. The number of carbonyl (C=O) groups excluding carboxylic acids is 2. The summed E-state index contributed by atoms with van der Waals surface area (Å²) in [4.78, 5) is 40.6. The third-order valence-corrected chi connectivity index (χ3v) is 7.73. The predicted octanol–water partition coefficient (Wildman–Crippen LogP) is 3.37. The molecule has 3 fully saturated rings. The number of carbonyl (C=O) groups is 3. The van der Waals surface area contributed by atoms with E-state index in [1.165, 1.54) is 6.42 Å². The maximum absolute atomic E-state index is 13.3. The van der Waals surface area contributed by atoms with E-state index in [1.54, 1.807) is 4.68 Å². The number of anilines is 2. The predicted molar refractivity (Wildman–Crippen MR) is 123 cm³/mol. The van der Waals surface area contributed by atoms with Gasteiger partial charge >= 0.3 is 6.09 Å². The lowest BCUT2D eigenvalue weighted by molar-refractivity contribution is -0.133. The summed E-state index contributed by atoms with van der Waals surface area (Å²) in [6.07, 6.45) is 6.30. The lowest BCUT2D eigenvalue weighted by Crippen LogP contribution is -2.45. The standard InChI is InChI=1S/C24H27N5O4/c30-22-15-6-2-1-5-14(15)13-28(22)19-9-3-8-17-20(19)21-25-11-10-18(29(21)26-17)16-7-4-12-27(23(16)31)24(32)33/h3,8-10,14-16,25H,1-2,4-7,11-13H2,(H,32,33). The fraction of sp³-hybridized carbons (Fsp3) is 0.500. The molecule has 0 bridgehead atoms. The average molecular weight is 450 g/mol. The van der Waals surface area contributed by atoms with Crippen molar-refractivity contribution in [2.75, 3.05) is 29.9 Å². The lowest BCUT2D eigenvalue weighted by Gasteiger charge is -2.32. The van der Waals surface area contributed by atoms with Crippen LogP contribution in [0, 0.1) is 17.8 Å². The molecule has 9 heteroatoms. The van der Waals surface area contributed by atoms with E-state index in [0.29, 0.717) is 31.0 Å². The van der Waals surface area contributed by atoms with Crippen LogP contribution < -0.4 is 10.2 Å². The van der Waals surface area contributed by atoms with Gasteiger partial charge in [0.1, 0.15) is 5.82 Å². The number of rotatable bonds is 2. The van der Waals surface area contributed by atoms with Gasteiger partial charge in [-0.2, -0.15) is 5.10 Å². The second-order valence-corrected chi connectivity index (χ2v) is 9.51. The summed E-state index contributed by atoms with van der Waals surface area (Å²) >= 11 is 0. The molecule has 33 heavy (non-hydrogen) atoms. The van der Waals surface area contributed by atoms with Gasteiger partial charge in [0, 0.05) is 25.6 Å². The first-order chi connectivity index (χ1) is 16.0. The van der Waals surface area contributed by atoms with Crippen molar-refractivity contribution in [1.82, 2.24) is 14.7 Å². The summed E-state index contributed by atoms with van der Waals surface area (Å²) in [5.74, 6) is 0.555. The van der Waals surface area contributed by atoms with Gasteiger partial charge in [-0.25, -0.2) is 14.4 Å². The highest BCUT2D eigenvalue weighted by Crippen LogP contribution is 2.44. The Labute approximate surface area is 191 Å². The highest BCUT2D eigenvalue weighted by molar-refractivity contribution is 6.10. The molecule has 3 unspecified atom stereocenters. The summed E-state index contributed by atoms with van der Waals surface area (Å²) in [6, 6.07) is 5.83. The first kappa shape index (κ1) is 20.3. The third kappa shape index (κ3) is 3.05. The van der Waals surface area contributed by atoms with Crippen LogP contribution in [-0.2, 0) is 9.59 Å². The summed E-state index contributed by atoms with van der Waals surface area (Å²) < 4.78 is 1.75. The number of nitrogens with zero attached hydrogens (tertiary/aromatic N) is 4. The monoisotopic (exact) mass is 449 g/mol. The fourth-order valence-corrected chi connectivity index (χ4v) is 6.15. The van der Waals surface area contributed by atoms with Crippen molar-refractivity contribution >= 4 is 46.0 Å².